The summed E-state index contributed by atoms with van der Waals surface area (Å²) in [7, 11) is 0. The van der Waals surface area contributed by atoms with Crippen LogP contribution in [0.2, 0.25) is 0 Å². The van der Waals surface area contributed by atoms with Gasteiger partial charge in [0, 0.05) is 11.8 Å². The number of non-ortho nitro benzene ring substituents is 1. The maximum absolute atomic E-state index is 11.3. The number of hydrogen-bond acceptors (Lipinski definition) is 6. The molecule has 2 rings (SSSR count). The third-order valence-electron chi connectivity index (χ3n) is 3.11. The summed E-state index contributed by atoms with van der Waals surface area (Å²) in [5, 5.41) is 24.4. The minimum atomic E-state index is -0.691. The van der Waals surface area contributed by atoms with Gasteiger partial charge in [-0.1, -0.05) is 12.1 Å². The van der Waals surface area contributed by atoms with Crippen LogP contribution in [-0.2, 0) is 4.74 Å². The van der Waals surface area contributed by atoms with Crippen molar-refractivity contribution in [1.82, 2.24) is 0 Å². The van der Waals surface area contributed by atoms with Crippen LogP contribution in [0.15, 0.2) is 42.5 Å². The third-order valence-corrected chi connectivity index (χ3v) is 3.11. The molecule has 0 heterocycles. The largest absolute Gasteiger partial charge is 0.450 e. The van der Waals surface area contributed by atoms with Crippen LogP contribution in [0.5, 0.6) is 0 Å². The number of ether oxygens (including phenoxy) is 1. The molecule has 1 amide bonds. The van der Waals surface area contributed by atoms with Crippen LogP contribution in [0.1, 0.15) is 6.92 Å². The molecule has 0 fully saturated rings. The lowest BCUT2D eigenvalue weighted by atomic mass is 10.0. The second-order valence-corrected chi connectivity index (χ2v) is 4.64. The number of carbonyl (C=O) groups excluding carboxylic acids is 1. The monoisotopic (exact) mass is 331 g/mol. The molecule has 0 aliphatic rings. The van der Waals surface area contributed by atoms with E-state index in [9.17, 15) is 25.0 Å². The highest BCUT2D eigenvalue weighted by molar-refractivity contribution is 5.85. The van der Waals surface area contributed by atoms with Crippen LogP contribution in [-0.4, -0.2) is 22.5 Å². The molecule has 0 atom stereocenters. The predicted molar refractivity (Wildman–Crippen MR) is 85.8 cm³/mol. The van der Waals surface area contributed by atoms with E-state index in [4.69, 9.17) is 4.74 Å². The van der Waals surface area contributed by atoms with E-state index in [0.29, 0.717) is 11.3 Å². The molecule has 9 heteroatoms. The summed E-state index contributed by atoms with van der Waals surface area (Å²) < 4.78 is 4.74. The first-order chi connectivity index (χ1) is 11.4. The molecule has 0 unspecified atom stereocenters. The summed E-state index contributed by atoms with van der Waals surface area (Å²) in [6.07, 6.45) is -0.605. The smallest absolute Gasteiger partial charge is 0.411 e. The highest BCUT2D eigenvalue weighted by Crippen LogP contribution is 2.33. The molecule has 0 aliphatic heterocycles. The molecule has 2 aromatic carbocycles. The van der Waals surface area contributed by atoms with Gasteiger partial charge in [-0.15, -0.1) is 0 Å². The van der Waals surface area contributed by atoms with Crippen molar-refractivity contribution >= 4 is 23.2 Å². The van der Waals surface area contributed by atoms with Crippen LogP contribution < -0.4 is 5.32 Å². The number of rotatable bonds is 5. The summed E-state index contributed by atoms with van der Waals surface area (Å²) in [6.45, 7) is 1.91. The Morgan fingerprint density at radius 3 is 2.29 bits per heavy atom. The van der Waals surface area contributed by atoms with Gasteiger partial charge < -0.3 is 4.74 Å². The molecule has 2 aromatic rings. The van der Waals surface area contributed by atoms with Crippen LogP contribution >= 0.6 is 0 Å². The normalized spacial score (nSPS) is 10.0. The van der Waals surface area contributed by atoms with Gasteiger partial charge in [0.2, 0.25) is 0 Å². The Labute approximate surface area is 136 Å². The van der Waals surface area contributed by atoms with Crippen molar-refractivity contribution in [3.05, 3.63) is 62.7 Å². The highest BCUT2D eigenvalue weighted by atomic mass is 16.6. The van der Waals surface area contributed by atoms with Crippen LogP contribution in [0, 0.1) is 20.2 Å². The molecular formula is C15H13N3O6. The number of carbonyl (C=O) groups is 1. The fourth-order valence-corrected chi connectivity index (χ4v) is 2.05. The summed E-state index contributed by atoms with van der Waals surface area (Å²) in [5.74, 6) is 0. The fraction of sp³-hybridized carbons (Fsp3) is 0.133. The van der Waals surface area contributed by atoms with E-state index in [1.807, 2.05) is 0 Å². The first kappa shape index (κ1) is 16.9. The molecule has 24 heavy (non-hydrogen) atoms. The molecule has 0 radical (unpaired) electrons. The zero-order valence-electron chi connectivity index (χ0n) is 12.6. The van der Waals surface area contributed by atoms with Crippen LogP contribution in [0.3, 0.4) is 0 Å². The summed E-state index contributed by atoms with van der Waals surface area (Å²) >= 11 is 0. The lowest BCUT2D eigenvalue weighted by Crippen LogP contribution is -2.13. The second-order valence-electron chi connectivity index (χ2n) is 4.64. The maximum atomic E-state index is 11.3. The molecule has 0 saturated heterocycles. The highest BCUT2D eigenvalue weighted by Gasteiger charge is 2.20. The number of nitrogens with zero attached hydrogens (tertiary/aromatic N) is 2. The number of hydrogen-bond donors (Lipinski definition) is 1. The Morgan fingerprint density at radius 2 is 1.75 bits per heavy atom. The molecular weight excluding hydrogens is 318 g/mol. The molecule has 9 nitrogen and oxygen atoms in total. The van der Waals surface area contributed by atoms with Crippen molar-refractivity contribution < 1.29 is 19.4 Å². The number of amides is 1. The zero-order valence-corrected chi connectivity index (χ0v) is 12.6. The van der Waals surface area contributed by atoms with Gasteiger partial charge in [0.05, 0.1) is 28.1 Å². The third kappa shape index (κ3) is 3.83. The van der Waals surface area contributed by atoms with Gasteiger partial charge in [0.25, 0.3) is 11.4 Å². The Morgan fingerprint density at radius 1 is 1.08 bits per heavy atom. The van der Waals surface area contributed by atoms with E-state index >= 15 is 0 Å². The number of nitrogens with one attached hydrogen (secondary N) is 1. The molecule has 0 aliphatic carbocycles. The van der Waals surface area contributed by atoms with E-state index < -0.39 is 15.9 Å². The minimum absolute atomic E-state index is 0.235. The quantitative estimate of drug-likeness (QED) is 0.657. The topological polar surface area (TPSA) is 125 Å². The Bertz CT molecular complexity index is 788. The summed E-state index contributed by atoms with van der Waals surface area (Å²) in [5.41, 5.74) is 0.474. The standard InChI is InChI=1S/C15H13N3O6/c1-2-24-15(19)16-11-5-3-10(4-6-11)13-8-7-12(17(20)21)9-14(13)18(22)23/h3-9H,2H2,1H3,(H,16,19). The van der Waals surface area contributed by atoms with Crippen molar-refractivity contribution in [2.24, 2.45) is 0 Å². The Hall–Kier alpha value is -3.49. The van der Waals surface area contributed by atoms with Gasteiger partial charge in [-0.25, -0.2) is 4.79 Å². The number of benzene rings is 2. The lowest BCUT2D eigenvalue weighted by molar-refractivity contribution is -0.393. The van der Waals surface area contributed by atoms with Crippen molar-refractivity contribution in [3.63, 3.8) is 0 Å². The van der Waals surface area contributed by atoms with E-state index in [0.717, 1.165) is 6.07 Å². The predicted octanol–water partition coefficient (Wildman–Crippen LogP) is 3.74. The van der Waals surface area contributed by atoms with E-state index in [1.54, 1.807) is 31.2 Å². The van der Waals surface area contributed by atoms with E-state index in [-0.39, 0.29) is 23.5 Å². The van der Waals surface area contributed by atoms with Crippen LogP contribution in [0.25, 0.3) is 11.1 Å². The van der Waals surface area contributed by atoms with Crippen molar-refractivity contribution in [2.45, 2.75) is 6.92 Å². The molecule has 0 bridgehead atoms. The van der Waals surface area contributed by atoms with Gasteiger partial charge in [-0.2, -0.15) is 0 Å². The van der Waals surface area contributed by atoms with Gasteiger partial charge in [0.1, 0.15) is 0 Å². The molecule has 124 valence electrons. The molecule has 0 aromatic heterocycles. The minimum Gasteiger partial charge on any atom is -0.450 e. The average Bonchev–Trinajstić information content (AvgIpc) is 2.55. The van der Waals surface area contributed by atoms with Crippen molar-refractivity contribution in [1.29, 1.82) is 0 Å². The summed E-state index contributed by atoms with van der Waals surface area (Å²) in [6, 6.07) is 9.68. The van der Waals surface area contributed by atoms with Crippen molar-refractivity contribution in [3.8, 4) is 11.1 Å². The number of nitro groups is 2. The van der Waals surface area contributed by atoms with Crippen LogP contribution in [0.4, 0.5) is 21.9 Å². The Kier molecular flexibility index (Phi) is 5.05. The molecule has 0 spiro atoms. The number of anilines is 1. The van der Waals surface area contributed by atoms with Gasteiger partial charge in [-0.3, -0.25) is 25.5 Å². The van der Waals surface area contributed by atoms with Gasteiger partial charge in [-0.05, 0) is 30.7 Å². The molecule has 1 N–H and O–H groups in total. The first-order valence-electron chi connectivity index (χ1n) is 6.89. The fourth-order valence-electron chi connectivity index (χ4n) is 2.05. The average molecular weight is 331 g/mol. The van der Waals surface area contributed by atoms with E-state index in [1.165, 1.54) is 12.1 Å². The van der Waals surface area contributed by atoms with Gasteiger partial charge >= 0.3 is 6.09 Å². The molecule has 0 saturated carbocycles. The summed E-state index contributed by atoms with van der Waals surface area (Å²) in [4.78, 5) is 31.9. The van der Waals surface area contributed by atoms with Gasteiger partial charge in [0.15, 0.2) is 0 Å². The SMILES string of the molecule is CCOC(=O)Nc1ccc(-c2ccc([N+](=O)[O-])cc2[N+](=O)[O-])cc1. The van der Waals surface area contributed by atoms with Crippen molar-refractivity contribution in [2.75, 3.05) is 11.9 Å². The number of nitro benzene ring substituents is 2. The second kappa shape index (κ2) is 7.18. The lowest BCUT2D eigenvalue weighted by Gasteiger charge is -2.07. The maximum Gasteiger partial charge on any atom is 0.411 e. The first-order valence-corrected chi connectivity index (χ1v) is 6.89. The zero-order chi connectivity index (χ0) is 17.7. The van der Waals surface area contributed by atoms with E-state index in [2.05, 4.69) is 5.32 Å². The Balaban J connectivity index is 2.33.